The van der Waals surface area contributed by atoms with Gasteiger partial charge in [0, 0.05) is 45.5 Å². The molecule has 8 rings (SSSR count). The predicted octanol–water partition coefficient (Wildman–Crippen LogP) is 9.17. The molecule has 45 heavy (non-hydrogen) atoms. The van der Waals surface area contributed by atoms with Crippen LogP contribution in [0.3, 0.4) is 0 Å². The summed E-state index contributed by atoms with van der Waals surface area (Å²) in [5, 5.41) is 2.19. The molecule has 0 saturated heterocycles. The highest BCUT2D eigenvalue weighted by Gasteiger charge is 2.35. The Balaban J connectivity index is 1.35. The third kappa shape index (κ3) is 4.31. The lowest BCUT2D eigenvalue weighted by atomic mass is 9.77. The van der Waals surface area contributed by atoms with Gasteiger partial charge in [-0.05, 0) is 85.7 Å². The van der Waals surface area contributed by atoms with Gasteiger partial charge in [-0.25, -0.2) is 4.98 Å². The molecular formula is C41H36N3O+. The fourth-order valence-electron chi connectivity index (χ4n) is 7.78. The van der Waals surface area contributed by atoms with Crippen molar-refractivity contribution in [3.8, 4) is 22.5 Å². The van der Waals surface area contributed by atoms with Gasteiger partial charge in [0.15, 0.2) is 18.3 Å². The number of hydrogen-bond acceptors (Lipinski definition) is 3. The van der Waals surface area contributed by atoms with Gasteiger partial charge in [-0.2, -0.15) is 4.57 Å². The minimum Gasteiger partial charge on any atom is -0.437 e. The molecule has 0 fully saturated rings. The fourth-order valence-corrected chi connectivity index (χ4v) is 7.78. The molecule has 4 heteroatoms. The number of benzene rings is 3. The van der Waals surface area contributed by atoms with E-state index in [0.29, 0.717) is 12.3 Å². The van der Waals surface area contributed by atoms with Gasteiger partial charge in [0.2, 0.25) is 11.4 Å². The summed E-state index contributed by atoms with van der Waals surface area (Å²) in [4.78, 5) is 10.4. The van der Waals surface area contributed by atoms with Crippen LogP contribution in [0.4, 0.5) is 0 Å². The average Bonchev–Trinajstić information content (AvgIpc) is 3.43. The first-order valence-electron chi connectivity index (χ1n) is 15.8. The van der Waals surface area contributed by atoms with Gasteiger partial charge < -0.3 is 4.42 Å². The summed E-state index contributed by atoms with van der Waals surface area (Å²) in [5.74, 6) is 0.226. The molecule has 0 amide bonds. The highest BCUT2D eigenvalue weighted by molar-refractivity contribution is 6.11. The van der Waals surface area contributed by atoms with Crippen molar-refractivity contribution in [1.29, 1.82) is 0 Å². The molecule has 0 radical (unpaired) electrons. The van der Waals surface area contributed by atoms with Crippen molar-refractivity contribution in [3.05, 3.63) is 143 Å². The Kier molecular flexibility index (Phi) is 6.42. The van der Waals surface area contributed by atoms with E-state index in [-0.39, 0.29) is 12.0 Å². The molecule has 0 bridgehead atoms. The number of fused-ring (bicyclic) bond motifs is 10. The summed E-state index contributed by atoms with van der Waals surface area (Å²) in [7, 11) is 0. The first-order chi connectivity index (χ1) is 21.9. The van der Waals surface area contributed by atoms with Gasteiger partial charge in [0.05, 0.1) is 23.0 Å². The van der Waals surface area contributed by atoms with Crippen LogP contribution in [0, 0.1) is 20.8 Å². The van der Waals surface area contributed by atoms with Crippen LogP contribution in [0.1, 0.15) is 45.7 Å². The number of pyridine rings is 2. The second-order valence-electron chi connectivity index (χ2n) is 12.6. The van der Waals surface area contributed by atoms with Crippen LogP contribution in [0.5, 0.6) is 0 Å². The summed E-state index contributed by atoms with van der Waals surface area (Å²) < 4.78 is 9.15. The Morgan fingerprint density at radius 3 is 2.51 bits per heavy atom. The van der Waals surface area contributed by atoms with E-state index >= 15 is 0 Å². The Morgan fingerprint density at radius 1 is 0.889 bits per heavy atom. The smallest absolute Gasteiger partial charge is 0.227 e. The standard InChI is InChI=1S/C41H36N3O/c1-6-33-30-15-8-7-14-29(30)31-18-17-28-22-26(4)37-32-19-20-34(36-24(2)12-11-13-25(36)3)43-41(32)45-40(37)38(28)35-16-9-10-21-44(35)23-27(5)39(31)42-33/h6-16,19-22,31,39H,1,5,17-18,23H2,2-4H3/q+1. The molecule has 5 heterocycles. The molecule has 0 spiro atoms. The third-order valence-corrected chi connectivity index (χ3v) is 9.83. The predicted molar refractivity (Wildman–Crippen MR) is 184 cm³/mol. The topological polar surface area (TPSA) is 42.3 Å². The Bertz CT molecular complexity index is 2210. The van der Waals surface area contributed by atoms with Gasteiger partial charge in [-0.3, -0.25) is 4.99 Å². The van der Waals surface area contributed by atoms with Gasteiger partial charge in [0.25, 0.3) is 0 Å². The molecule has 6 aromatic rings. The number of nitrogens with zero attached hydrogens (tertiary/aromatic N) is 3. The zero-order valence-corrected chi connectivity index (χ0v) is 26.1. The van der Waals surface area contributed by atoms with Gasteiger partial charge in [-0.15, -0.1) is 0 Å². The van der Waals surface area contributed by atoms with E-state index in [9.17, 15) is 0 Å². The van der Waals surface area contributed by atoms with E-state index < -0.39 is 0 Å². The lowest BCUT2D eigenvalue weighted by molar-refractivity contribution is -0.678. The molecule has 0 saturated carbocycles. The highest BCUT2D eigenvalue weighted by Crippen LogP contribution is 2.43. The maximum absolute atomic E-state index is 6.84. The second kappa shape index (κ2) is 10.5. The molecule has 2 atom stereocenters. The van der Waals surface area contributed by atoms with Crippen LogP contribution < -0.4 is 4.57 Å². The first-order valence-corrected chi connectivity index (χ1v) is 15.8. The number of hydrogen-bond donors (Lipinski definition) is 0. The quantitative estimate of drug-likeness (QED) is 0.150. The largest absolute Gasteiger partial charge is 0.437 e. The minimum atomic E-state index is -0.0152. The molecule has 3 aromatic heterocycles. The summed E-state index contributed by atoms with van der Waals surface area (Å²) in [6.45, 7) is 15.9. The summed E-state index contributed by atoms with van der Waals surface area (Å²) in [6, 6.07) is 28.2. The zero-order valence-electron chi connectivity index (χ0n) is 26.1. The number of aromatic nitrogens is 2. The molecule has 2 aliphatic heterocycles. The summed E-state index contributed by atoms with van der Waals surface area (Å²) in [5.41, 5.74) is 15.5. The van der Waals surface area contributed by atoms with Crippen LogP contribution in [0.15, 0.2) is 119 Å². The SMILES string of the molecule is C=CC1=NC2C(=C)C[n+]3ccccc3-c3c(cc(C)c4c3oc3nc(-c5c(C)cccc5C)ccc34)CCC2c2ccccc21. The normalized spacial score (nSPS) is 17.7. The number of aryl methyl sites for hydroxylation is 4. The van der Waals surface area contributed by atoms with Gasteiger partial charge in [0.1, 0.15) is 0 Å². The van der Waals surface area contributed by atoms with Crippen molar-refractivity contribution in [2.75, 3.05) is 0 Å². The van der Waals surface area contributed by atoms with Crippen LogP contribution >= 0.6 is 0 Å². The van der Waals surface area contributed by atoms with Gasteiger partial charge in [-0.1, -0.05) is 61.7 Å². The lowest BCUT2D eigenvalue weighted by Crippen LogP contribution is -2.41. The minimum absolute atomic E-state index is 0.0152. The third-order valence-electron chi connectivity index (χ3n) is 9.83. The fraction of sp³-hybridized carbons (Fsp3) is 0.195. The Morgan fingerprint density at radius 2 is 1.69 bits per heavy atom. The monoisotopic (exact) mass is 586 g/mol. The maximum Gasteiger partial charge on any atom is 0.227 e. The summed E-state index contributed by atoms with van der Waals surface area (Å²) in [6.07, 6.45) is 5.88. The summed E-state index contributed by atoms with van der Waals surface area (Å²) >= 11 is 0. The molecule has 2 aliphatic rings. The van der Waals surface area contributed by atoms with Crippen LogP contribution in [0.25, 0.3) is 44.6 Å². The van der Waals surface area contributed by atoms with Crippen molar-refractivity contribution >= 4 is 27.8 Å². The van der Waals surface area contributed by atoms with Gasteiger partial charge >= 0.3 is 0 Å². The van der Waals surface area contributed by atoms with Crippen molar-refractivity contribution in [2.24, 2.45) is 4.99 Å². The van der Waals surface area contributed by atoms with Crippen LogP contribution in [-0.2, 0) is 13.0 Å². The molecule has 0 aliphatic carbocycles. The molecule has 2 unspecified atom stereocenters. The maximum atomic E-state index is 6.84. The van der Waals surface area contributed by atoms with E-state index in [0.717, 1.165) is 57.4 Å². The Labute approximate surface area is 264 Å². The number of allylic oxidation sites excluding steroid dienone is 1. The van der Waals surface area contributed by atoms with E-state index in [1.54, 1.807) is 0 Å². The van der Waals surface area contributed by atoms with E-state index in [1.807, 2.05) is 6.08 Å². The molecule has 3 aromatic carbocycles. The second-order valence-corrected chi connectivity index (χ2v) is 12.6. The first kappa shape index (κ1) is 27.5. The number of aliphatic imine (C=N–C) groups is 1. The van der Waals surface area contributed by atoms with E-state index in [2.05, 4.69) is 124 Å². The van der Waals surface area contributed by atoms with E-state index in [4.69, 9.17) is 14.4 Å². The van der Waals surface area contributed by atoms with Crippen molar-refractivity contribution < 1.29 is 8.98 Å². The Hall–Kier alpha value is -5.09. The van der Waals surface area contributed by atoms with Crippen LogP contribution in [-0.4, -0.2) is 16.7 Å². The van der Waals surface area contributed by atoms with Crippen LogP contribution in [0.2, 0.25) is 0 Å². The van der Waals surface area contributed by atoms with Crippen molar-refractivity contribution in [2.45, 2.75) is 52.1 Å². The molecule has 0 N–H and O–H groups in total. The number of furan rings is 1. The van der Waals surface area contributed by atoms with Crippen molar-refractivity contribution in [3.63, 3.8) is 0 Å². The number of rotatable bonds is 2. The zero-order chi connectivity index (χ0) is 30.8. The molecule has 4 nitrogen and oxygen atoms in total. The molecular weight excluding hydrogens is 550 g/mol. The van der Waals surface area contributed by atoms with E-state index in [1.165, 1.54) is 38.9 Å². The lowest BCUT2D eigenvalue weighted by Gasteiger charge is -2.33. The molecule has 220 valence electrons. The highest BCUT2D eigenvalue weighted by atomic mass is 16.3. The average molecular weight is 587 g/mol. The van der Waals surface area contributed by atoms with Crippen molar-refractivity contribution in [1.82, 2.24) is 4.98 Å².